The molecule has 19 heavy (non-hydrogen) atoms. The predicted octanol–water partition coefficient (Wildman–Crippen LogP) is 4.75. The van der Waals surface area contributed by atoms with Crippen LogP contribution in [0.5, 0.6) is 11.5 Å². The number of halogens is 3. The molecular weight excluding hydrogens is 333 g/mol. The first-order valence-corrected chi connectivity index (χ1v) is 6.84. The van der Waals surface area contributed by atoms with Crippen LogP contribution in [0.4, 0.5) is 4.39 Å². The van der Waals surface area contributed by atoms with Crippen LogP contribution >= 0.6 is 27.5 Å². The molecule has 0 heterocycles. The zero-order chi connectivity index (χ0) is 13.8. The third-order valence-electron chi connectivity index (χ3n) is 2.55. The van der Waals surface area contributed by atoms with Gasteiger partial charge in [0.2, 0.25) is 0 Å². The summed E-state index contributed by atoms with van der Waals surface area (Å²) in [6, 6.07) is 9.96. The Bertz CT molecular complexity index is 592. The number of rotatable bonds is 4. The van der Waals surface area contributed by atoms with Gasteiger partial charge in [0.05, 0.1) is 4.47 Å². The monoisotopic (exact) mass is 343 g/mol. The Morgan fingerprint density at radius 2 is 2.11 bits per heavy atom. The van der Waals surface area contributed by atoms with Gasteiger partial charge in [0.1, 0.15) is 17.3 Å². The van der Waals surface area contributed by atoms with Gasteiger partial charge in [0.25, 0.3) is 0 Å². The highest BCUT2D eigenvalue weighted by Crippen LogP contribution is 2.32. The summed E-state index contributed by atoms with van der Waals surface area (Å²) in [4.78, 5) is 0. The minimum absolute atomic E-state index is 0.325. The first-order chi connectivity index (χ1) is 9.11. The van der Waals surface area contributed by atoms with E-state index in [1.807, 2.05) is 25.2 Å². The van der Waals surface area contributed by atoms with E-state index < -0.39 is 0 Å². The average molecular weight is 345 g/mol. The van der Waals surface area contributed by atoms with E-state index in [0.29, 0.717) is 27.5 Å². The van der Waals surface area contributed by atoms with Gasteiger partial charge in [-0.15, -0.1) is 0 Å². The summed E-state index contributed by atoms with van der Waals surface area (Å²) >= 11 is 9.27. The van der Waals surface area contributed by atoms with Crippen molar-refractivity contribution in [1.82, 2.24) is 5.32 Å². The molecule has 0 aliphatic rings. The molecule has 5 heteroatoms. The highest BCUT2D eigenvalue weighted by molar-refractivity contribution is 9.10. The Hall–Kier alpha value is -1.10. The van der Waals surface area contributed by atoms with Gasteiger partial charge >= 0.3 is 0 Å². The van der Waals surface area contributed by atoms with Crippen molar-refractivity contribution in [3.63, 3.8) is 0 Å². The minimum atomic E-state index is -0.325. The van der Waals surface area contributed by atoms with Gasteiger partial charge in [0.15, 0.2) is 0 Å². The van der Waals surface area contributed by atoms with Crippen molar-refractivity contribution < 1.29 is 9.13 Å². The molecule has 0 saturated carbocycles. The van der Waals surface area contributed by atoms with Gasteiger partial charge in [-0.2, -0.15) is 0 Å². The molecule has 0 radical (unpaired) electrons. The molecule has 2 aromatic carbocycles. The van der Waals surface area contributed by atoms with Gasteiger partial charge in [0, 0.05) is 17.1 Å². The fourth-order valence-electron chi connectivity index (χ4n) is 1.65. The third kappa shape index (κ3) is 3.47. The Labute approximate surface area is 124 Å². The molecule has 0 spiro atoms. The van der Waals surface area contributed by atoms with Crippen molar-refractivity contribution in [3.05, 3.63) is 57.3 Å². The SMILES string of the molecule is CNCc1c(Cl)cccc1Oc1ccc(F)c(Br)c1. The van der Waals surface area contributed by atoms with Crippen LogP contribution in [0.1, 0.15) is 5.56 Å². The van der Waals surface area contributed by atoms with E-state index in [4.69, 9.17) is 16.3 Å². The lowest BCUT2D eigenvalue weighted by molar-refractivity contribution is 0.472. The molecule has 2 aromatic rings. The van der Waals surface area contributed by atoms with Gasteiger partial charge in [-0.3, -0.25) is 0 Å². The van der Waals surface area contributed by atoms with E-state index >= 15 is 0 Å². The lowest BCUT2D eigenvalue weighted by atomic mass is 10.2. The largest absolute Gasteiger partial charge is 0.457 e. The van der Waals surface area contributed by atoms with Crippen molar-refractivity contribution in [3.8, 4) is 11.5 Å². The normalized spacial score (nSPS) is 10.5. The van der Waals surface area contributed by atoms with Crippen LogP contribution in [-0.2, 0) is 6.54 Å². The molecule has 0 atom stereocenters. The zero-order valence-corrected chi connectivity index (χ0v) is 12.6. The van der Waals surface area contributed by atoms with Crippen molar-refractivity contribution in [2.24, 2.45) is 0 Å². The first-order valence-electron chi connectivity index (χ1n) is 5.66. The Morgan fingerprint density at radius 1 is 1.32 bits per heavy atom. The highest BCUT2D eigenvalue weighted by atomic mass is 79.9. The van der Waals surface area contributed by atoms with Crippen LogP contribution in [0, 0.1) is 5.82 Å². The van der Waals surface area contributed by atoms with Crippen LogP contribution < -0.4 is 10.1 Å². The molecule has 1 N–H and O–H groups in total. The molecule has 0 amide bonds. The summed E-state index contributed by atoms with van der Waals surface area (Å²) in [6.45, 7) is 0.595. The molecule has 0 aliphatic carbocycles. The molecule has 0 aliphatic heterocycles. The van der Waals surface area contributed by atoms with Gasteiger partial charge in [-0.25, -0.2) is 4.39 Å². The molecule has 0 aromatic heterocycles. The summed E-state index contributed by atoms with van der Waals surface area (Å²) in [6.07, 6.45) is 0. The summed E-state index contributed by atoms with van der Waals surface area (Å²) in [5.74, 6) is 0.877. The smallest absolute Gasteiger partial charge is 0.137 e. The molecule has 0 bridgehead atoms. The third-order valence-corrected chi connectivity index (χ3v) is 3.51. The molecule has 0 saturated heterocycles. The van der Waals surface area contributed by atoms with E-state index in [0.717, 1.165) is 5.56 Å². The second-order valence-corrected chi connectivity index (χ2v) is 5.19. The van der Waals surface area contributed by atoms with E-state index in [9.17, 15) is 4.39 Å². The Morgan fingerprint density at radius 3 is 2.79 bits per heavy atom. The summed E-state index contributed by atoms with van der Waals surface area (Å²) < 4.78 is 19.3. The number of ether oxygens (including phenoxy) is 1. The van der Waals surface area contributed by atoms with Crippen LogP contribution in [-0.4, -0.2) is 7.05 Å². The van der Waals surface area contributed by atoms with E-state index in [-0.39, 0.29) is 5.82 Å². The fraction of sp³-hybridized carbons (Fsp3) is 0.143. The molecule has 0 unspecified atom stereocenters. The van der Waals surface area contributed by atoms with Gasteiger partial charge < -0.3 is 10.1 Å². The molecule has 2 rings (SSSR count). The topological polar surface area (TPSA) is 21.3 Å². The van der Waals surface area contributed by atoms with Crippen molar-refractivity contribution in [2.45, 2.75) is 6.54 Å². The standard InChI is InChI=1S/C14H12BrClFNO/c1-18-8-10-12(16)3-2-4-14(10)19-9-5-6-13(17)11(15)7-9/h2-7,18H,8H2,1H3. The fourth-order valence-corrected chi connectivity index (χ4v) is 2.24. The number of benzene rings is 2. The van der Waals surface area contributed by atoms with Crippen LogP contribution in [0.25, 0.3) is 0 Å². The van der Waals surface area contributed by atoms with Gasteiger partial charge in [-0.05, 0) is 53.3 Å². The average Bonchev–Trinajstić information content (AvgIpc) is 2.38. The van der Waals surface area contributed by atoms with E-state index in [1.165, 1.54) is 6.07 Å². The molecule has 0 fully saturated rings. The van der Waals surface area contributed by atoms with Crippen LogP contribution in [0.15, 0.2) is 40.9 Å². The van der Waals surface area contributed by atoms with Crippen molar-refractivity contribution in [2.75, 3.05) is 7.05 Å². The summed E-state index contributed by atoms with van der Waals surface area (Å²) in [7, 11) is 1.83. The lowest BCUT2D eigenvalue weighted by Crippen LogP contribution is -2.07. The van der Waals surface area contributed by atoms with E-state index in [2.05, 4.69) is 21.2 Å². The second-order valence-electron chi connectivity index (χ2n) is 3.92. The van der Waals surface area contributed by atoms with Crippen molar-refractivity contribution in [1.29, 1.82) is 0 Å². The number of nitrogens with one attached hydrogen (secondary N) is 1. The number of hydrogen-bond acceptors (Lipinski definition) is 2. The number of hydrogen-bond donors (Lipinski definition) is 1. The minimum Gasteiger partial charge on any atom is -0.457 e. The summed E-state index contributed by atoms with van der Waals surface area (Å²) in [5.41, 5.74) is 0.868. The predicted molar refractivity (Wildman–Crippen MR) is 78.4 cm³/mol. The molecule has 2 nitrogen and oxygen atoms in total. The van der Waals surface area contributed by atoms with Crippen LogP contribution in [0.3, 0.4) is 0 Å². The Balaban J connectivity index is 2.32. The maximum Gasteiger partial charge on any atom is 0.137 e. The summed E-state index contributed by atoms with van der Waals surface area (Å²) in [5, 5.41) is 3.67. The van der Waals surface area contributed by atoms with Crippen LogP contribution in [0.2, 0.25) is 5.02 Å². The molecule has 100 valence electrons. The first kappa shape index (κ1) is 14.3. The lowest BCUT2D eigenvalue weighted by Gasteiger charge is -2.12. The Kier molecular flexibility index (Phi) is 4.80. The quantitative estimate of drug-likeness (QED) is 0.864. The van der Waals surface area contributed by atoms with E-state index in [1.54, 1.807) is 12.1 Å². The molecular formula is C14H12BrClFNO. The maximum absolute atomic E-state index is 13.2. The zero-order valence-electron chi connectivity index (χ0n) is 10.2. The van der Waals surface area contributed by atoms with Crippen molar-refractivity contribution >= 4 is 27.5 Å². The maximum atomic E-state index is 13.2. The second kappa shape index (κ2) is 6.37. The van der Waals surface area contributed by atoms with Gasteiger partial charge in [-0.1, -0.05) is 17.7 Å². The highest BCUT2D eigenvalue weighted by Gasteiger charge is 2.09.